The molecule has 0 spiro atoms. The van der Waals surface area contributed by atoms with Crippen molar-refractivity contribution in [1.29, 1.82) is 0 Å². The molecule has 0 bridgehead atoms. The molecule has 3 rings (SSSR count). The Morgan fingerprint density at radius 3 is 2.92 bits per heavy atom. The van der Waals surface area contributed by atoms with Crippen molar-refractivity contribution in [3.05, 3.63) is 41.3 Å². The third-order valence-electron chi connectivity index (χ3n) is 4.33. The van der Waals surface area contributed by atoms with Crippen LogP contribution in [0.1, 0.15) is 35.0 Å². The average molecular weight is 359 g/mol. The number of methoxy groups -OCH3 is 1. The van der Waals surface area contributed by atoms with Gasteiger partial charge in [0.15, 0.2) is 11.0 Å². The highest BCUT2D eigenvalue weighted by atomic mass is 32.2. The van der Waals surface area contributed by atoms with Crippen LogP contribution < -0.4 is 10.5 Å². The summed E-state index contributed by atoms with van der Waals surface area (Å²) in [6, 6.07) is 3.63. The fourth-order valence-corrected chi connectivity index (χ4v) is 3.83. The number of carbonyl (C=O) groups is 1. The number of hydrogen-bond donors (Lipinski definition) is 1. The fraction of sp³-hybridized carbons (Fsp3) is 0.412. The van der Waals surface area contributed by atoms with Gasteiger partial charge in [-0.05, 0) is 30.5 Å². The van der Waals surface area contributed by atoms with E-state index in [1.54, 1.807) is 37.3 Å². The summed E-state index contributed by atoms with van der Waals surface area (Å²) >= 11 is 1.56. The van der Waals surface area contributed by atoms with E-state index in [-0.39, 0.29) is 12.2 Å². The number of ketones is 1. The molecule has 0 saturated carbocycles. The van der Waals surface area contributed by atoms with Crippen molar-refractivity contribution in [1.82, 2.24) is 14.8 Å². The van der Waals surface area contributed by atoms with Gasteiger partial charge >= 0.3 is 0 Å². The van der Waals surface area contributed by atoms with Gasteiger partial charge in [-0.15, -0.1) is 5.10 Å². The number of pyridine rings is 1. The van der Waals surface area contributed by atoms with Gasteiger partial charge in [-0.2, -0.15) is 0 Å². The normalized spacial score (nSPS) is 20.2. The predicted molar refractivity (Wildman–Crippen MR) is 98.1 cm³/mol. The van der Waals surface area contributed by atoms with Crippen molar-refractivity contribution >= 4 is 22.7 Å². The van der Waals surface area contributed by atoms with Crippen molar-refractivity contribution in [2.45, 2.75) is 25.3 Å². The second-order valence-corrected chi connectivity index (χ2v) is 7.31. The molecule has 2 aromatic heterocycles. The molecule has 7 nitrogen and oxygen atoms in total. The minimum absolute atomic E-state index is 0.0374. The smallest absolute Gasteiger partial charge is 0.233 e. The van der Waals surface area contributed by atoms with Crippen molar-refractivity contribution in [3.8, 4) is 5.88 Å². The van der Waals surface area contributed by atoms with Gasteiger partial charge in [0.1, 0.15) is 5.69 Å². The number of aliphatic imine (C=N–C) groups is 1. The van der Waals surface area contributed by atoms with E-state index in [1.165, 1.54) is 11.8 Å². The maximum absolute atomic E-state index is 12.6. The predicted octanol–water partition coefficient (Wildman–Crippen LogP) is 1.92. The Balaban J connectivity index is 1.83. The van der Waals surface area contributed by atoms with E-state index in [4.69, 9.17) is 10.5 Å². The summed E-state index contributed by atoms with van der Waals surface area (Å²) in [6.45, 7) is 2.05. The molecule has 132 valence electrons. The first kappa shape index (κ1) is 17.5. The summed E-state index contributed by atoms with van der Waals surface area (Å²) < 4.78 is 6.60. The maximum atomic E-state index is 12.6. The lowest BCUT2D eigenvalue weighted by Gasteiger charge is -2.29. The first-order valence-electron chi connectivity index (χ1n) is 7.95. The summed E-state index contributed by atoms with van der Waals surface area (Å²) in [4.78, 5) is 21.5. The second-order valence-electron chi connectivity index (χ2n) is 6.20. The van der Waals surface area contributed by atoms with E-state index >= 15 is 0 Å². The Labute approximate surface area is 150 Å². The Morgan fingerprint density at radius 2 is 2.24 bits per heavy atom. The Morgan fingerprint density at radius 1 is 1.44 bits per heavy atom. The van der Waals surface area contributed by atoms with E-state index in [1.807, 2.05) is 13.0 Å². The first-order chi connectivity index (χ1) is 11.9. The zero-order chi connectivity index (χ0) is 18.0. The lowest BCUT2D eigenvalue weighted by molar-refractivity contribution is 0.0984. The average Bonchev–Trinajstić information content (AvgIpc) is 2.96. The number of aromatic nitrogens is 3. The largest absolute Gasteiger partial charge is 0.480 e. The van der Waals surface area contributed by atoms with Crippen LogP contribution in [0.2, 0.25) is 0 Å². The van der Waals surface area contributed by atoms with Gasteiger partial charge in [-0.25, -0.2) is 0 Å². The van der Waals surface area contributed by atoms with Crippen LogP contribution in [0.3, 0.4) is 0 Å². The number of Topliss-reactive ketones (excluding diaryl/α,β-unsaturated/α-hetero) is 1. The zero-order valence-corrected chi connectivity index (χ0v) is 15.3. The van der Waals surface area contributed by atoms with Crippen molar-refractivity contribution < 1.29 is 9.53 Å². The third-order valence-corrected chi connectivity index (χ3v) is 5.12. The maximum Gasteiger partial charge on any atom is 0.233 e. The third kappa shape index (κ3) is 3.68. The fourth-order valence-electron chi connectivity index (χ4n) is 2.85. The SMILES string of the molecule is COc1cc(C(=O)Cc2cncc([C@]3(C)CCSC(N)=N3)c2)n(C)n1. The number of ether oxygens (including phenoxy) is 1. The van der Waals surface area contributed by atoms with Crippen LogP contribution in [0, 0.1) is 0 Å². The molecule has 0 unspecified atom stereocenters. The minimum atomic E-state index is -0.392. The first-order valence-corrected chi connectivity index (χ1v) is 8.93. The number of aryl methyl sites for hydroxylation is 1. The summed E-state index contributed by atoms with van der Waals surface area (Å²) in [6.07, 6.45) is 4.64. The van der Waals surface area contributed by atoms with Crippen molar-refractivity contribution in [3.63, 3.8) is 0 Å². The van der Waals surface area contributed by atoms with Crippen LogP contribution in [0.5, 0.6) is 5.88 Å². The van der Waals surface area contributed by atoms with E-state index in [0.29, 0.717) is 16.7 Å². The monoisotopic (exact) mass is 359 g/mol. The molecule has 0 amide bonds. The molecule has 1 aliphatic rings. The molecule has 0 radical (unpaired) electrons. The molecule has 2 aromatic rings. The molecular formula is C17H21N5O2S. The molecule has 1 aliphatic heterocycles. The highest BCUT2D eigenvalue weighted by Gasteiger charge is 2.30. The van der Waals surface area contributed by atoms with Gasteiger partial charge in [0.25, 0.3) is 0 Å². The summed E-state index contributed by atoms with van der Waals surface area (Å²) in [5, 5.41) is 4.72. The lowest BCUT2D eigenvalue weighted by Crippen LogP contribution is -2.29. The molecule has 25 heavy (non-hydrogen) atoms. The zero-order valence-electron chi connectivity index (χ0n) is 14.5. The summed E-state index contributed by atoms with van der Waals surface area (Å²) in [5.41, 5.74) is 7.82. The summed E-state index contributed by atoms with van der Waals surface area (Å²) in [7, 11) is 3.25. The van der Waals surface area contributed by atoms with Gasteiger partial charge in [-0.1, -0.05) is 11.8 Å². The number of nitrogens with two attached hydrogens (primary N) is 1. The van der Waals surface area contributed by atoms with Crippen molar-refractivity contribution in [2.75, 3.05) is 12.9 Å². The quantitative estimate of drug-likeness (QED) is 0.820. The number of carbonyl (C=O) groups excluding carboxylic acids is 1. The lowest BCUT2D eigenvalue weighted by atomic mass is 9.90. The Bertz CT molecular complexity index is 832. The van der Waals surface area contributed by atoms with Gasteiger partial charge in [-0.3, -0.25) is 19.5 Å². The topological polar surface area (TPSA) is 95.4 Å². The molecule has 0 aromatic carbocycles. The molecule has 3 heterocycles. The van der Waals surface area contributed by atoms with Gasteiger partial charge < -0.3 is 10.5 Å². The molecule has 8 heteroatoms. The summed E-state index contributed by atoms with van der Waals surface area (Å²) in [5.74, 6) is 1.31. The van der Waals surface area contributed by atoms with Crippen molar-refractivity contribution in [2.24, 2.45) is 17.8 Å². The second kappa shape index (κ2) is 6.87. The van der Waals surface area contributed by atoms with E-state index in [2.05, 4.69) is 15.1 Å². The minimum Gasteiger partial charge on any atom is -0.480 e. The molecule has 0 fully saturated rings. The van der Waals surface area contributed by atoms with Gasteiger partial charge in [0.05, 0.1) is 12.6 Å². The molecule has 1 atom stereocenters. The molecule has 2 N–H and O–H groups in total. The standard InChI is InChI=1S/C17H21N5O2S/c1-17(4-5-25-16(18)20-17)12-6-11(9-19-10-12)7-14(23)13-8-15(24-3)21-22(13)2/h6,8-10H,4-5,7H2,1-3H3,(H2,18,20)/t17-/m0/s1. The Kier molecular flexibility index (Phi) is 4.80. The number of rotatable bonds is 5. The van der Waals surface area contributed by atoms with Crippen LogP contribution in [-0.4, -0.2) is 38.6 Å². The molecule has 0 saturated heterocycles. The van der Waals surface area contributed by atoms with E-state index < -0.39 is 5.54 Å². The van der Waals surface area contributed by atoms with Crippen LogP contribution >= 0.6 is 11.8 Å². The van der Waals surface area contributed by atoms with E-state index in [9.17, 15) is 4.79 Å². The number of hydrogen-bond acceptors (Lipinski definition) is 7. The highest BCUT2D eigenvalue weighted by molar-refractivity contribution is 8.13. The van der Waals surface area contributed by atoms with E-state index in [0.717, 1.165) is 23.3 Å². The number of thioether (sulfide) groups is 1. The number of amidine groups is 1. The molecule has 0 aliphatic carbocycles. The van der Waals surface area contributed by atoms with Crippen LogP contribution in [0.25, 0.3) is 0 Å². The molecular weight excluding hydrogens is 338 g/mol. The van der Waals surface area contributed by atoms with Gasteiger partial charge in [0, 0.05) is 37.7 Å². The van der Waals surface area contributed by atoms with Crippen LogP contribution in [-0.2, 0) is 19.0 Å². The highest BCUT2D eigenvalue weighted by Crippen LogP contribution is 2.34. The van der Waals surface area contributed by atoms with Crippen LogP contribution in [0.4, 0.5) is 0 Å². The number of nitrogens with zero attached hydrogens (tertiary/aromatic N) is 4. The van der Waals surface area contributed by atoms with Crippen LogP contribution in [0.15, 0.2) is 29.5 Å². The Hall–Kier alpha value is -2.35. The van der Waals surface area contributed by atoms with Gasteiger partial charge in [0.2, 0.25) is 5.88 Å².